The summed E-state index contributed by atoms with van der Waals surface area (Å²) in [6.07, 6.45) is 5.88. The first-order valence-corrected chi connectivity index (χ1v) is 14.7. The Hall–Kier alpha value is -4.67. The molecule has 2 aromatic heterocycles. The van der Waals surface area contributed by atoms with E-state index < -0.39 is 0 Å². The molecule has 0 bridgehead atoms. The SMILES string of the molecule is CC(C)(C)c1cc(-c2cncc3ccccc23)c2nc(-c3ccccc3N=Cc3cccc4ccccc34)sc2c1. The van der Waals surface area contributed by atoms with Crippen molar-refractivity contribution < 1.29 is 0 Å². The number of fused-ring (bicyclic) bond motifs is 3. The van der Waals surface area contributed by atoms with E-state index in [1.165, 1.54) is 26.4 Å². The van der Waals surface area contributed by atoms with Crippen LogP contribution in [0.1, 0.15) is 31.9 Å². The minimum atomic E-state index is -0.00817. The molecule has 4 heteroatoms. The summed E-state index contributed by atoms with van der Waals surface area (Å²) < 4.78 is 1.17. The summed E-state index contributed by atoms with van der Waals surface area (Å²) in [7, 11) is 0. The normalized spacial score (nSPS) is 12.2. The summed E-state index contributed by atoms with van der Waals surface area (Å²) in [6.45, 7) is 6.79. The summed E-state index contributed by atoms with van der Waals surface area (Å²) in [6, 6.07) is 36.1. The topological polar surface area (TPSA) is 38.1 Å². The van der Waals surface area contributed by atoms with Gasteiger partial charge in [0.25, 0.3) is 0 Å². The van der Waals surface area contributed by atoms with E-state index in [1.54, 1.807) is 11.3 Å². The Kier molecular flexibility index (Phi) is 6.21. The smallest absolute Gasteiger partial charge is 0.126 e. The molecular weight excluding hydrogens is 518 g/mol. The summed E-state index contributed by atoms with van der Waals surface area (Å²) >= 11 is 1.73. The van der Waals surface area contributed by atoms with Crippen molar-refractivity contribution in [2.45, 2.75) is 26.2 Å². The number of nitrogens with zero attached hydrogens (tertiary/aromatic N) is 3. The maximum Gasteiger partial charge on any atom is 0.126 e. The van der Waals surface area contributed by atoms with E-state index in [9.17, 15) is 0 Å². The minimum absolute atomic E-state index is 0.00817. The lowest BCUT2D eigenvalue weighted by Gasteiger charge is -2.20. The molecule has 5 aromatic carbocycles. The van der Waals surface area contributed by atoms with Crippen molar-refractivity contribution in [1.82, 2.24) is 9.97 Å². The van der Waals surface area contributed by atoms with Crippen LogP contribution in [-0.2, 0) is 5.41 Å². The Balaban J connectivity index is 1.40. The van der Waals surface area contributed by atoms with Crippen LogP contribution in [0.4, 0.5) is 5.69 Å². The highest BCUT2D eigenvalue weighted by molar-refractivity contribution is 7.21. The van der Waals surface area contributed by atoms with Crippen LogP contribution in [0.3, 0.4) is 0 Å². The predicted octanol–water partition coefficient (Wildman–Crippen LogP) is 10.4. The van der Waals surface area contributed by atoms with E-state index in [0.717, 1.165) is 43.9 Å². The summed E-state index contributed by atoms with van der Waals surface area (Å²) in [5.41, 5.74) is 7.55. The van der Waals surface area contributed by atoms with Crippen molar-refractivity contribution in [2.24, 2.45) is 4.99 Å². The van der Waals surface area contributed by atoms with Gasteiger partial charge in [-0.15, -0.1) is 11.3 Å². The first kappa shape index (κ1) is 25.3. The predicted molar refractivity (Wildman–Crippen MR) is 176 cm³/mol. The fraction of sp³-hybridized carbons (Fsp3) is 0.108. The number of aromatic nitrogens is 2. The van der Waals surface area contributed by atoms with Gasteiger partial charge in [0.1, 0.15) is 5.01 Å². The third-order valence-electron chi connectivity index (χ3n) is 7.62. The molecule has 7 rings (SSSR count). The summed E-state index contributed by atoms with van der Waals surface area (Å²) in [5.74, 6) is 0. The van der Waals surface area contributed by atoms with E-state index in [1.807, 2.05) is 24.7 Å². The lowest BCUT2D eigenvalue weighted by molar-refractivity contribution is 0.591. The zero-order valence-electron chi connectivity index (χ0n) is 23.3. The first-order chi connectivity index (χ1) is 20.0. The molecule has 0 atom stereocenters. The monoisotopic (exact) mass is 547 g/mol. The van der Waals surface area contributed by atoms with Crippen LogP contribution < -0.4 is 0 Å². The molecule has 0 saturated heterocycles. The average Bonchev–Trinajstić information content (AvgIpc) is 3.43. The standard InChI is InChI=1S/C37H29N3S/c1-37(2,3)27-19-31(32-23-38-21-25-12-5-7-16-29(25)32)35-34(20-27)41-36(40-35)30-17-8-9-18-33(30)39-22-26-14-10-13-24-11-4-6-15-28(24)26/h4-23H,1-3H3. The third-order valence-corrected chi connectivity index (χ3v) is 8.66. The van der Waals surface area contributed by atoms with Gasteiger partial charge >= 0.3 is 0 Å². The lowest BCUT2D eigenvalue weighted by Crippen LogP contribution is -2.11. The van der Waals surface area contributed by atoms with Crippen LogP contribution in [0, 0.1) is 0 Å². The van der Waals surface area contributed by atoms with Gasteiger partial charge in [0.05, 0.1) is 15.9 Å². The Morgan fingerprint density at radius 2 is 1.41 bits per heavy atom. The van der Waals surface area contributed by atoms with Gasteiger partial charge < -0.3 is 0 Å². The molecule has 198 valence electrons. The second kappa shape index (κ2) is 10.1. The van der Waals surface area contributed by atoms with E-state index in [2.05, 4.69) is 123 Å². The first-order valence-electron chi connectivity index (χ1n) is 13.9. The Labute approximate surface area is 243 Å². The molecule has 0 fully saturated rings. The van der Waals surface area contributed by atoms with Gasteiger partial charge in [-0.2, -0.15) is 0 Å². The summed E-state index contributed by atoms with van der Waals surface area (Å²) in [4.78, 5) is 14.9. The Bertz CT molecular complexity index is 2090. The van der Waals surface area contributed by atoms with E-state index in [4.69, 9.17) is 9.98 Å². The third kappa shape index (κ3) is 4.71. The number of hydrogen-bond donors (Lipinski definition) is 0. The zero-order valence-corrected chi connectivity index (χ0v) is 24.1. The maximum atomic E-state index is 5.27. The van der Waals surface area contributed by atoms with Crippen molar-refractivity contribution in [3.05, 3.63) is 127 Å². The van der Waals surface area contributed by atoms with Crippen LogP contribution in [0.15, 0.2) is 121 Å². The van der Waals surface area contributed by atoms with Crippen LogP contribution in [0.5, 0.6) is 0 Å². The molecule has 0 radical (unpaired) electrons. The molecule has 41 heavy (non-hydrogen) atoms. The molecule has 7 aromatic rings. The molecule has 0 aliphatic rings. The van der Waals surface area contributed by atoms with Gasteiger partial charge in [0, 0.05) is 46.2 Å². The highest BCUT2D eigenvalue weighted by atomic mass is 32.1. The van der Waals surface area contributed by atoms with Gasteiger partial charge in [-0.25, -0.2) is 4.98 Å². The van der Waals surface area contributed by atoms with Crippen molar-refractivity contribution >= 4 is 55.0 Å². The molecule has 0 aliphatic heterocycles. The summed E-state index contributed by atoms with van der Waals surface area (Å²) in [5, 5.41) is 5.68. The minimum Gasteiger partial charge on any atom is -0.263 e. The lowest BCUT2D eigenvalue weighted by atomic mass is 9.85. The van der Waals surface area contributed by atoms with E-state index >= 15 is 0 Å². The molecule has 3 nitrogen and oxygen atoms in total. The van der Waals surface area contributed by atoms with E-state index in [-0.39, 0.29) is 5.41 Å². The molecule has 0 saturated carbocycles. The van der Waals surface area contributed by atoms with Crippen LogP contribution in [-0.4, -0.2) is 16.2 Å². The molecule has 2 heterocycles. The maximum absolute atomic E-state index is 5.27. The fourth-order valence-electron chi connectivity index (χ4n) is 5.38. The Morgan fingerprint density at radius 3 is 2.27 bits per heavy atom. The Morgan fingerprint density at radius 1 is 0.683 bits per heavy atom. The van der Waals surface area contributed by atoms with Crippen LogP contribution in [0.25, 0.3) is 53.5 Å². The van der Waals surface area contributed by atoms with Crippen molar-refractivity contribution in [1.29, 1.82) is 0 Å². The van der Waals surface area contributed by atoms with Gasteiger partial charge in [-0.1, -0.05) is 99.6 Å². The van der Waals surface area contributed by atoms with Crippen LogP contribution >= 0.6 is 11.3 Å². The number of benzene rings is 5. The van der Waals surface area contributed by atoms with Gasteiger partial charge in [0.2, 0.25) is 0 Å². The van der Waals surface area contributed by atoms with Gasteiger partial charge in [-0.3, -0.25) is 9.98 Å². The largest absolute Gasteiger partial charge is 0.263 e. The number of para-hydroxylation sites is 1. The second-order valence-electron chi connectivity index (χ2n) is 11.4. The number of pyridine rings is 1. The van der Waals surface area contributed by atoms with Gasteiger partial charge in [-0.05, 0) is 51.4 Å². The number of aliphatic imine (C=N–C) groups is 1. The molecule has 0 amide bonds. The van der Waals surface area contributed by atoms with E-state index in [0.29, 0.717) is 0 Å². The zero-order chi connectivity index (χ0) is 28.0. The van der Waals surface area contributed by atoms with Gasteiger partial charge in [0.15, 0.2) is 0 Å². The fourth-order valence-corrected chi connectivity index (χ4v) is 6.45. The second-order valence-corrected chi connectivity index (χ2v) is 12.4. The van der Waals surface area contributed by atoms with Crippen molar-refractivity contribution in [3.8, 4) is 21.7 Å². The number of hydrogen-bond acceptors (Lipinski definition) is 4. The number of rotatable bonds is 4. The molecule has 0 spiro atoms. The molecular formula is C37H29N3S. The molecule has 0 N–H and O–H groups in total. The molecule has 0 aliphatic carbocycles. The van der Waals surface area contributed by atoms with Crippen molar-refractivity contribution in [3.63, 3.8) is 0 Å². The quantitative estimate of drug-likeness (QED) is 0.206. The number of thiazole rings is 1. The highest BCUT2D eigenvalue weighted by Crippen LogP contribution is 2.42. The highest BCUT2D eigenvalue weighted by Gasteiger charge is 2.21. The van der Waals surface area contributed by atoms with Crippen LogP contribution in [0.2, 0.25) is 0 Å². The molecule has 0 unspecified atom stereocenters. The average molecular weight is 548 g/mol. The van der Waals surface area contributed by atoms with Crippen molar-refractivity contribution in [2.75, 3.05) is 0 Å².